The number of aromatic amines is 1. The number of fused-ring (bicyclic) bond motifs is 3. The van der Waals surface area contributed by atoms with Crippen LogP contribution in [0.25, 0.3) is 32.9 Å². The van der Waals surface area contributed by atoms with E-state index in [9.17, 15) is 0 Å². The van der Waals surface area contributed by atoms with Gasteiger partial charge >= 0.3 is 0 Å². The van der Waals surface area contributed by atoms with E-state index < -0.39 is 0 Å². The molecule has 0 amide bonds. The van der Waals surface area contributed by atoms with Crippen LogP contribution in [0.5, 0.6) is 0 Å². The number of halogens is 1. The molecule has 0 aliphatic heterocycles. The average Bonchev–Trinajstić information content (AvgIpc) is 2.97. The molecule has 126 valence electrons. The van der Waals surface area contributed by atoms with Gasteiger partial charge in [0.2, 0.25) is 0 Å². The average molecular weight is 348 g/mol. The van der Waals surface area contributed by atoms with E-state index in [0.29, 0.717) is 0 Å². The normalized spacial score (nSPS) is 11.6. The largest absolute Gasteiger partial charge is 0.354 e. The lowest BCUT2D eigenvalue weighted by Gasteiger charge is -2.19. The van der Waals surface area contributed by atoms with Gasteiger partial charge in [-0.15, -0.1) is 0 Å². The molecule has 0 aliphatic rings. The van der Waals surface area contributed by atoms with Crippen molar-refractivity contribution in [3.63, 3.8) is 0 Å². The van der Waals surface area contributed by atoms with Gasteiger partial charge in [0, 0.05) is 26.8 Å². The topological polar surface area (TPSA) is 15.8 Å². The molecule has 0 bridgehead atoms. The lowest BCUT2D eigenvalue weighted by molar-refractivity contribution is 1.18. The Morgan fingerprint density at radius 2 is 1.36 bits per heavy atom. The molecule has 1 N–H and O–H groups in total. The van der Waals surface area contributed by atoms with Crippen LogP contribution in [0.4, 0.5) is 0 Å². The minimum absolute atomic E-state index is 0.771. The van der Waals surface area contributed by atoms with Crippen LogP contribution in [0.3, 0.4) is 0 Å². The molecule has 1 heterocycles. The minimum Gasteiger partial charge on any atom is -0.354 e. The van der Waals surface area contributed by atoms with Crippen molar-refractivity contribution >= 4 is 33.4 Å². The number of H-pyrrole nitrogens is 1. The fraction of sp³-hybridized carbons (Fsp3) is 0.217. The molecule has 1 aromatic heterocycles. The van der Waals surface area contributed by atoms with Gasteiger partial charge in [-0.05, 0) is 97.8 Å². The summed E-state index contributed by atoms with van der Waals surface area (Å²) in [6, 6.07) is 12.6. The zero-order valence-corrected chi connectivity index (χ0v) is 16.1. The highest BCUT2D eigenvalue weighted by atomic mass is 35.5. The van der Waals surface area contributed by atoms with Gasteiger partial charge in [0.15, 0.2) is 0 Å². The molecule has 0 spiro atoms. The first-order chi connectivity index (χ1) is 11.9. The maximum atomic E-state index is 6.29. The summed E-state index contributed by atoms with van der Waals surface area (Å²) >= 11 is 6.29. The molecule has 0 aliphatic carbocycles. The number of nitrogens with one attached hydrogen (secondary N) is 1. The van der Waals surface area contributed by atoms with E-state index in [2.05, 4.69) is 69.9 Å². The molecule has 0 unspecified atom stereocenters. The summed E-state index contributed by atoms with van der Waals surface area (Å²) < 4.78 is 0. The van der Waals surface area contributed by atoms with E-state index in [0.717, 1.165) is 16.1 Å². The van der Waals surface area contributed by atoms with Crippen molar-refractivity contribution in [3.05, 3.63) is 69.2 Å². The van der Waals surface area contributed by atoms with Crippen LogP contribution < -0.4 is 0 Å². The van der Waals surface area contributed by atoms with Crippen LogP contribution in [0.15, 0.2) is 36.4 Å². The fourth-order valence-electron chi connectivity index (χ4n) is 4.04. The second-order valence-electron chi connectivity index (χ2n) is 7.04. The predicted octanol–water partition coefficient (Wildman–Crippen LogP) is 7.18. The van der Waals surface area contributed by atoms with Crippen LogP contribution in [-0.2, 0) is 0 Å². The number of aromatic nitrogens is 1. The number of rotatable bonds is 1. The first-order valence-electron chi connectivity index (χ1n) is 8.67. The summed E-state index contributed by atoms with van der Waals surface area (Å²) in [4.78, 5) is 3.54. The number of benzene rings is 3. The van der Waals surface area contributed by atoms with Crippen LogP contribution in [-0.4, -0.2) is 4.98 Å². The Hall–Kier alpha value is -2.25. The summed E-state index contributed by atoms with van der Waals surface area (Å²) in [5.41, 5.74) is 11.8. The standard InChI is InChI=1S/C23H22ClN/c1-12-13(2)15(4)22(16(5)14(12)3)18-7-6-8-21-23(18)19-11-17(24)9-10-20(19)25-21/h6-11,25H,1-5H3. The third-order valence-corrected chi connectivity index (χ3v) is 6.09. The minimum atomic E-state index is 0.771. The monoisotopic (exact) mass is 347 g/mol. The molecular weight excluding hydrogens is 326 g/mol. The second kappa shape index (κ2) is 5.64. The maximum Gasteiger partial charge on any atom is 0.0471 e. The van der Waals surface area contributed by atoms with Crippen molar-refractivity contribution in [3.8, 4) is 11.1 Å². The molecule has 0 radical (unpaired) electrons. The van der Waals surface area contributed by atoms with Gasteiger partial charge < -0.3 is 4.98 Å². The maximum absolute atomic E-state index is 6.29. The lowest BCUT2D eigenvalue weighted by atomic mass is 9.85. The molecular formula is C23H22ClN. The van der Waals surface area contributed by atoms with Crippen molar-refractivity contribution < 1.29 is 0 Å². The Balaban J connectivity index is 2.20. The van der Waals surface area contributed by atoms with Gasteiger partial charge in [-0.1, -0.05) is 23.7 Å². The van der Waals surface area contributed by atoms with Gasteiger partial charge in [0.05, 0.1) is 0 Å². The second-order valence-corrected chi connectivity index (χ2v) is 7.48. The Bertz CT molecular complexity index is 1120. The quantitative estimate of drug-likeness (QED) is 0.375. The van der Waals surface area contributed by atoms with Crippen LogP contribution >= 0.6 is 11.6 Å². The zero-order chi connectivity index (χ0) is 17.9. The van der Waals surface area contributed by atoms with Crippen LogP contribution in [0.1, 0.15) is 27.8 Å². The van der Waals surface area contributed by atoms with E-state index in [-0.39, 0.29) is 0 Å². The molecule has 3 aromatic carbocycles. The molecule has 0 saturated heterocycles. The summed E-state index contributed by atoms with van der Waals surface area (Å²) in [5, 5.41) is 3.22. The molecule has 4 aromatic rings. The molecule has 0 fully saturated rings. The summed E-state index contributed by atoms with van der Waals surface area (Å²) in [7, 11) is 0. The third-order valence-electron chi connectivity index (χ3n) is 5.85. The molecule has 4 rings (SSSR count). The first-order valence-corrected chi connectivity index (χ1v) is 9.05. The van der Waals surface area contributed by atoms with E-state index in [1.54, 1.807) is 0 Å². The Labute approximate surface area is 153 Å². The van der Waals surface area contributed by atoms with E-state index >= 15 is 0 Å². The van der Waals surface area contributed by atoms with Crippen molar-refractivity contribution in [2.75, 3.05) is 0 Å². The van der Waals surface area contributed by atoms with E-state index in [1.807, 2.05) is 6.07 Å². The Morgan fingerprint density at radius 3 is 2.04 bits per heavy atom. The van der Waals surface area contributed by atoms with Gasteiger partial charge in [-0.2, -0.15) is 0 Å². The fourth-order valence-corrected chi connectivity index (χ4v) is 4.21. The van der Waals surface area contributed by atoms with Crippen molar-refractivity contribution in [2.45, 2.75) is 34.6 Å². The Morgan fingerprint density at radius 1 is 0.720 bits per heavy atom. The zero-order valence-electron chi connectivity index (χ0n) is 15.3. The summed E-state index contributed by atoms with van der Waals surface area (Å²) in [5.74, 6) is 0. The van der Waals surface area contributed by atoms with Crippen molar-refractivity contribution in [1.82, 2.24) is 4.98 Å². The highest BCUT2D eigenvalue weighted by Gasteiger charge is 2.17. The van der Waals surface area contributed by atoms with Crippen LogP contribution in [0, 0.1) is 34.6 Å². The third kappa shape index (κ3) is 2.30. The van der Waals surface area contributed by atoms with Gasteiger partial charge in [-0.3, -0.25) is 0 Å². The lowest BCUT2D eigenvalue weighted by Crippen LogP contribution is -1.99. The number of hydrogen-bond acceptors (Lipinski definition) is 0. The molecule has 1 nitrogen and oxygen atoms in total. The smallest absolute Gasteiger partial charge is 0.0471 e. The van der Waals surface area contributed by atoms with Crippen molar-refractivity contribution in [2.24, 2.45) is 0 Å². The highest BCUT2D eigenvalue weighted by molar-refractivity contribution is 6.32. The Kier molecular flexibility index (Phi) is 3.66. The highest BCUT2D eigenvalue weighted by Crippen LogP contribution is 2.40. The van der Waals surface area contributed by atoms with E-state index in [1.165, 1.54) is 49.7 Å². The van der Waals surface area contributed by atoms with Crippen LogP contribution in [0.2, 0.25) is 5.02 Å². The summed E-state index contributed by atoms with van der Waals surface area (Å²) in [6.07, 6.45) is 0. The van der Waals surface area contributed by atoms with E-state index in [4.69, 9.17) is 11.6 Å². The first kappa shape index (κ1) is 16.2. The molecule has 0 atom stereocenters. The van der Waals surface area contributed by atoms with Gasteiger partial charge in [0.1, 0.15) is 0 Å². The molecule has 0 saturated carbocycles. The predicted molar refractivity (Wildman–Crippen MR) is 110 cm³/mol. The van der Waals surface area contributed by atoms with Crippen molar-refractivity contribution in [1.29, 1.82) is 0 Å². The van der Waals surface area contributed by atoms with Gasteiger partial charge in [-0.25, -0.2) is 0 Å². The SMILES string of the molecule is Cc1c(C)c(C)c(-c2cccc3[nH]c4ccc(Cl)cc4c23)c(C)c1C. The van der Waals surface area contributed by atoms with Gasteiger partial charge in [0.25, 0.3) is 0 Å². The number of hydrogen-bond donors (Lipinski definition) is 1. The molecule has 25 heavy (non-hydrogen) atoms. The summed E-state index contributed by atoms with van der Waals surface area (Å²) in [6.45, 7) is 11.2. The molecule has 2 heteroatoms.